The van der Waals surface area contributed by atoms with Crippen molar-refractivity contribution >= 4 is 28.8 Å². The number of nitrogens with zero attached hydrogens (tertiary/aromatic N) is 2. The highest BCUT2D eigenvalue weighted by atomic mass is 32.2. The molecule has 1 amide bonds. The molecule has 0 spiro atoms. The van der Waals surface area contributed by atoms with Crippen molar-refractivity contribution in [1.82, 2.24) is 10.2 Å². The van der Waals surface area contributed by atoms with Gasteiger partial charge < -0.3 is 15.0 Å². The summed E-state index contributed by atoms with van der Waals surface area (Å²) in [5.41, 5.74) is 4.05. The fourth-order valence-corrected chi connectivity index (χ4v) is 4.87. The highest BCUT2D eigenvalue weighted by molar-refractivity contribution is 8.16. The number of rotatable bonds is 7. The van der Waals surface area contributed by atoms with Gasteiger partial charge in [0.25, 0.3) is 0 Å². The molecule has 0 saturated carbocycles. The molecule has 0 aliphatic carbocycles. The van der Waals surface area contributed by atoms with Crippen LogP contribution < -0.4 is 5.32 Å². The second-order valence-corrected chi connectivity index (χ2v) is 8.39. The van der Waals surface area contributed by atoms with E-state index in [0.717, 1.165) is 22.8 Å². The van der Waals surface area contributed by atoms with E-state index in [-0.39, 0.29) is 12.3 Å². The molecule has 0 radical (unpaired) electrons. The van der Waals surface area contributed by atoms with Gasteiger partial charge in [0.2, 0.25) is 5.91 Å². The van der Waals surface area contributed by atoms with Crippen LogP contribution in [0, 0.1) is 0 Å². The summed E-state index contributed by atoms with van der Waals surface area (Å²) in [7, 11) is 1.37. The molecule has 0 saturated heterocycles. The zero-order valence-corrected chi connectivity index (χ0v) is 18.9. The minimum Gasteiger partial charge on any atom is -0.466 e. The van der Waals surface area contributed by atoms with Gasteiger partial charge >= 0.3 is 5.97 Å². The van der Waals surface area contributed by atoms with Crippen molar-refractivity contribution in [3.05, 3.63) is 94.2 Å². The van der Waals surface area contributed by atoms with Gasteiger partial charge in [-0.3, -0.25) is 4.79 Å². The van der Waals surface area contributed by atoms with Crippen LogP contribution in [-0.2, 0) is 20.7 Å². The van der Waals surface area contributed by atoms with Crippen molar-refractivity contribution in [3.63, 3.8) is 0 Å². The second-order valence-electron chi connectivity index (χ2n) is 7.56. The summed E-state index contributed by atoms with van der Waals surface area (Å²) in [6.45, 7) is 2.39. The second kappa shape index (κ2) is 9.87. The van der Waals surface area contributed by atoms with E-state index in [1.54, 1.807) is 0 Å². The summed E-state index contributed by atoms with van der Waals surface area (Å²) < 4.78 is 5.07. The Balaban J connectivity index is 1.52. The average molecular weight is 448 g/mol. The number of allylic oxidation sites excluding steroid dienone is 1. The first-order chi connectivity index (χ1) is 15.6. The lowest BCUT2D eigenvalue weighted by Crippen LogP contribution is -2.38. The molecule has 1 atom stereocenters. The van der Waals surface area contributed by atoms with Crippen molar-refractivity contribution < 1.29 is 14.3 Å². The van der Waals surface area contributed by atoms with Crippen LogP contribution in [0.5, 0.6) is 0 Å². The highest BCUT2D eigenvalue weighted by Gasteiger charge is 2.40. The minimum absolute atomic E-state index is 0.0632. The summed E-state index contributed by atoms with van der Waals surface area (Å²) in [6.07, 6.45) is 0.982. The third-order valence-electron chi connectivity index (χ3n) is 5.44. The van der Waals surface area contributed by atoms with Crippen LogP contribution in [0.4, 0.5) is 0 Å². The van der Waals surface area contributed by atoms with E-state index in [1.807, 2.05) is 77.9 Å². The molecule has 1 unspecified atom stereocenters. The SMILES string of the molecule is COC(=O)C1=C(C)N=C2SC=C(CC(=O)NCCc3ccccc3)N2C1c1ccccc1. The van der Waals surface area contributed by atoms with Gasteiger partial charge in [-0.25, -0.2) is 9.79 Å². The molecule has 0 fully saturated rings. The maximum atomic E-state index is 12.7. The maximum Gasteiger partial charge on any atom is 0.338 e. The number of fused-ring (bicyclic) bond motifs is 1. The molecule has 2 aliphatic rings. The Labute approximate surface area is 192 Å². The number of thioether (sulfide) groups is 1. The zero-order valence-electron chi connectivity index (χ0n) is 18.1. The topological polar surface area (TPSA) is 71.0 Å². The van der Waals surface area contributed by atoms with E-state index in [0.29, 0.717) is 17.8 Å². The number of nitrogens with one attached hydrogen (secondary N) is 1. The van der Waals surface area contributed by atoms with Crippen molar-refractivity contribution in [2.24, 2.45) is 4.99 Å². The standard InChI is InChI=1S/C25H25N3O3S/c1-17-22(24(30)31-2)23(19-11-7-4-8-12-19)28-20(16-32-25(28)27-17)15-21(29)26-14-13-18-9-5-3-6-10-18/h3-12,16,23H,13-15H2,1-2H3,(H,26,29). The van der Waals surface area contributed by atoms with E-state index in [1.165, 1.54) is 24.4 Å². The molecular weight excluding hydrogens is 422 g/mol. The predicted octanol–water partition coefficient (Wildman–Crippen LogP) is 4.18. The van der Waals surface area contributed by atoms with Crippen LogP contribution in [0.3, 0.4) is 0 Å². The largest absolute Gasteiger partial charge is 0.466 e. The number of benzene rings is 2. The van der Waals surface area contributed by atoms with Gasteiger partial charge in [-0.05, 0) is 29.9 Å². The van der Waals surface area contributed by atoms with Crippen LogP contribution in [-0.4, -0.2) is 35.6 Å². The molecule has 2 aliphatic heterocycles. The molecule has 164 valence electrons. The molecule has 2 heterocycles. The fraction of sp³-hybridized carbons (Fsp3) is 0.240. The number of amides is 1. The van der Waals surface area contributed by atoms with Gasteiger partial charge in [0.1, 0.15) is 0 Å². The van der Waals surface area contributed by atoms with Crippen LogP contribution in [0.25, 0.3) is 0 Å². The molecule has 0 aromatic heterocycles. The zero-order chi connectivity index (χ0) is 22.5. The minimum atomic E-state index is -0.414. The number of methoxy groups -OCH3 is 1. The number of hydrogen-bond acceptors (Lipinski definition) is 6. The van der Waals surface area contributed by atoms with E-state index in [2.05, 4.69) is 10.3 Å². The molecular formula is C25H25N3O3S. The van der Waals surface area contributed by atoms with Crippen LogP contribution >= 0.6 is 11.8 Å². The fourth-order valence-electron chi connectivity index (χ4n) is 3.91. The van der Waals surface area contributed by atoms with Gasteiger partial charge in [-0.15, -0.1) is 0 Å². The van der Waals surface area contributed by atoms with Crippen LogP contribution in [0.1, 0.15) is 30.5 Å². The van der Waals surface area contributed by atoms with E-state index in [9.17, 15) is 9.59 Å². The number of amidine groups is 1. The Morgan fingerprint density at radius 2 is 1.78 bits per heavy atom. The molecule has 0 bridgehead atoms. The third-order valence-corrected chi connectivity index (χ3v) is 6.33. The summed E-state index contributed by atoms with van der Waals surface area (Å²) in [5.74, 6) is -0.477. The average Bonchev–Trinajstić information content (AvgIpc) is 3.20. The monoisotopic (exact) mass is 447 g/mol. The number of esters is 1. The molecule has 7 heteroatoms. The van der Waals surface area contributed by atoms with Gasteiger partial charge in [0.15, 0.2) is 5.17 Å². The first-order valence-corrected chi connectivity index (χ1v) is 11.3. The lowest BCUT2D eigenvalue weighted by atomic mass is 9.94. The number of carbonyl (C=O) groups is 2. The molecule has 2 aromatic carbocycles. The van der Waals surface area contributed by atoms with Gasteiger partial charge in [-0.1, -0.05) is 72.4 Å². The van der Waals surface area contributed by atoms with Crippen molar-refractivity contribution in [2.75, 3.05) is 13.7 Å². The lowest BCUT2D eigenvalue weighted by Gasteiger charge is -2.36. The Kier molecular flexibility index (Phi) is 6.75. The van der Waals surface area contributed by atoms with E-state index in [4.69, 9.17) is 4.74 Å². The molecule has 4 rings (SSSR count). The number of carbonyl (C=O) groups excluding carboxylic acids is 2. The van der Waals surface area contributed by atoms with E-state index >= 15 is 0 Å². The maximum absolute atomic E-state index is 12.7. The first-order valence-electron chi connectivity index (χ1n) is 10.5. The van der Waals surface area contributed by atoms with E-state index < -0.39 is 12.0 Å². The Morgan fingerprint density at radius 1 is 1.09 bits per heavy atom. The first kappa shape index (κ1) is 21.9. The van der Waals surface area contributed by atoms with Crippen LogP contribution in [0.2, 0.25) is 0 Å². The van der Waals surface area contributed by atoms with Crippen molar-refractivity contribution in [3.8, 4) is 0 Å². The van der Waals surface area contributed by atoms with Crippen molar-refractivity contribution in [2.45, 2.75) is 25.8 Å². The van der Waals surface area contributed by atoms with Gasteiger partial charge in [0, 0.05) is 12.2 Å². The Hall–Kier alpha value is -3.32. The molecule has 32 heavy (non-hydrogen) atoms. The summed E-state index contributed by atoms with van der Waals surface area (Å²) in [4.78, 5) is 32.0. The lowest BCUT2D eigenvalue weighted by molar-refractivity contribution is -0.136. The quantitative estimate of drug-likeness (QED) is 0.645. The smallest absolute Gasteiger partial charge is 0.338 e. The summed E-state index contributed by atoms with van der Waals surface area (Å²) >= 11 is 1.47. The Morgan fingerprint density at radius 3 is 2.47 bits per heavy atom. The van der Waals surface area contributed by atoms with Crippen molar-refractivity contribution in [1.29, 1.82) is 0 Å². The third kappa shape index (κ3) is 4.62. The van der Waals surface area contributed by atoms with Gasteiger partial charge in [0.05, 0.1) is 30.8 Å². The van der Waals surface area contributed by atoms with Gasteiger partial charge in [-0.2, -0.15) is 0 Å². The molecule has 6 nitrogen and oxygen atoms in total. The number of ether oxygens (including phenoxy) is 1. The number of hydrogen-bond donors (Lipinski definition) is 1. The summed E-state index contributed by atoms with van der Waals surface area (Å²) in [5, 5.41) is 5.71. The number of aliphatic imine (C=N–C) groups is 1. The van der Waals surface area contributed by atoms with Crippen LogP contribution in [0.15, 0.2) is 88.0 Å². The predicted molar refractivity (Wildman–Crippen MR) is 127 cm³/mol. The molecule has 2 aromatic rings. The normalized spacial score (nSPS) is 17.4. The Bertz CT molecular complexity index is 1090. The summed E-state index contributed by atoms with van der Waals surface area (Å²) in [6, 6.07) is 19.4. The molecule has 1 N–H and O–H groups in total. The highest BCUT2D eigenvalue weighted by Crippen LogP contribution is 2.44.